The van der Waals surface area contributed by atoms with Gasteiger partial charge in [0.25, 0.3) is 0 Å². The lowest BCUT2D eigenvalue weighted by atomic mass is 9.74. The van der Waals surface area contributed by atoms with Crippen LogP contribution in [0.3, 0.4) is 0 Å². The summed E-state index contributed by atoms with van der Waals surface area (Å²) in [6.07, 6.45) is 4.59. The molecule has 2 fully saturated rings. The van der Waals surface area contributed by atoms with Gasteiger partial charge in [-0.1, -0.05) is 0 Å². The fraction of sp³-hybridized carbons (Fsp3) is 1.00. The van der Waals surface area contributed by atoms with Crippen LogP contribution in [-0.2, 0) is 10.0 Å². The monoisotopic (exact) mass is 288 g/mol. The van der Waals surface area contributed by atoms with Gasteiger partial charge in [0, 0.05) is 18.1 Å². The number of hydrogen-bond donors (Lipinski definition) is 0. The zero-order chi connectivity index (χ0) is 14.5. The minimum absolute atomic E-state index is 0.206. The van der Waals surface area contributed by atoms with Crippen LogP contribution in [0.1, 0.15) is 47.0 Å². The quantitative estimate of drug-likeness (QED) is 0.779. The summed E-state index contributed by atoms with van der Waals surface area (Å²) in [5, 5.41) is 0. The van der Waals surface area contributed by atoms with E-state index in [-0.39, 0.29) is 11.0 Å². The third-order valence-electron chi connectivity index (χ3n) is 4.95. The molecule has 112 valence electrons. The van der Waals surface area contributed by atoms with Gasteiger partial charge in [-0.05, 0) is 65.5 Å². The van der Waals surface area contributed by atoms with E-state index in [9.17, 15) is 8.42 Å². The molecule has 1 spiro atoms. The Balaban J connectivity index is 2.13. The fourth-order valence-electron chi connectivity index (χ4n) is 4.00. The maximum absolute atomic E-state index is 12.0. The third kappa shape index (κ3) is 2.98. The summed E-state index contributed by atoms with van der Waals surface area (Å²) >= 11 is 0. The zero-order valence-corrected chi connectivity index (χ0v) is 13.8. The molecule has 19 heavy (non-hydrogen) atoms. The van der Waals surface area contributed by atoms with E-state index in [4.69, 9.17) is 0 Å². The van der Waals surface area contributed by atoms with Crippen molar-refractivity contribution in [1.82, 2.24) is 9.21 Å². The van der Waals surface area contributed by atoms with Crippen molar-refractivity contribution >= 4 is 10.0 Å². The van der Waals surface area contributed by atoms with Gasteiger partial charge in [-0.15, -0.1) is 0 Å². The van der Waals surface area contributed by atoms with E-state index in [1.165, 1.54) is 6.26 Å². The molecule has 0 N–H and O–H groups in total. The van der Waals surface area contributed by atoms with Crippen molar-refractivity contribution in [2.24, 2.45) is 5.41 Å². The van der Waals surface area contributed by atoms with Gasteiger partial charge in [0.2, 0.25) is 10.0 Å². The van der Waals surface area contributed by atoms with Crippen LogP contribution in [0, 0.1) is 5.41 Å². The van der Waals surface area contributed by atoms with E-state index in [1.54, 1.807) is 4.31 Å². The molecule has 0 amide bonds. The van der Waals surface area contributed by atoms with E-state index >= 15 is 0 Å². The smallest absolute Gasteiger partial charge is 0.211 e. The Morgan fingerprint density at radius 2 is 1.63 bits per heavy atom. The van der Waals surface area contributed by atoms with Crippen LogP contribution in [0.2, 0.25) is 0 Å². The van der Waals surface area contributed by atoms with E-state index < -0.39 is 10.0 Å². The van der Waals surface area contributed by atoms with Crippen molar-refractivity contribution in [3.63, 3.8) is 0 Å². The van der Waals surface area contributed by atoms with Crippen molar-refractivity contribution in [3.8, 4) is 0 Å². The first-order valence-corrected chi connectivity index (χ1v) is 9.13. The minimum Gasteiger partial charge on any atom is -0.301 e. The topological polar surface area (TPSA) is 40.6 Å². The maximum Gasteiger partial charge on any atom is 0.211 e. The average molecular weight is 288 g/mol. The van der Waals surface area contributed by atoms with Gasteiger partial charge in [-0.2, -0.15) is 4.31 Å². The molecule has 2 aliphatic heterocycles. The van der Waals surface area contributed by atoms with E-state index in [0.717, 1.165) is 32.4 Å². The molecule has 2 rings (SSSR count). The second kappa shape index (κ2) is 4.71. The summed E-state index contributed by atoms with van der Waals surface area (Å²) in [5.74, 6) is 0. The fourth-order valence-corrected chi connectivity index (χ4v) is 5.47. The number of likely N-dealkylation sites (tertiary alicyclic amines) is 1. The number of nitrogens with zero attached hydrogens (tertiary/aromatic N) is 2. The van der Waals surface area contributed by atoms with Gasteiger partial charge in [0.1, 0.15) is 0 Å². The second-order valence-corrected chi connectivity index (χ2v) is 9.30. The van der Waals surface area contributed by atoms with Gasteiger partial charge in [0.15, 0.2) is 0 Å². The Labute approximate surface area is 118 Å². The number of sulfonamides is 1. The summed E-state index contributed by atoms with van der Waals surface area (Å²) in [6.45, 7) is 11.5. The highest BCUT2D eigenvalue weighted by Gasteiger charge is 2.52. The van der Waals surface area contributed by atoms with Crippen molar-refractivity contribution in [3.05, 3.63) is 0 Å². The van der Waals surface area contributed by atoms with Crippen LogP contribution in [0.15, 0.2) is 0 Å². The second-order valence-electron chi connectivity index (χ2n) is 7.39. The Morgan fingerprint density at radius 3 is 2.00 bits per heavy atom. The van der Waals surface area contributed by atoms with Crippen LogP contribution in [0.25, 0.3) is 0 Å². The van der Waals surface area contributed by atoms with E-state index in [0.29, 0.717) is 12.6 Å². The normalized spacial score (nSPS) is 28.3. The third-order valence-corrected chi connectivity index (χ3v) is 6.38. The number of hydrogen-bond acceptors (Lipinski definition) is 3. The summed E-state index contributed by atoms with van der Waals surface area (Å²) < 4.78 is 25.7. The molecular weight excluding hydrogens is 260 g/mol. The zero-order valence-electron chi connectivity index (χ0n) is 12.9. The highest BCUT2D eigenvalue weighted by atomic mass is 32.2. The first kappa shape index (κ1) is 15.3. The van der Waals surface area contributed by atoms with Crippen LogP contribution >= 0.6 is 0 Å². The standard InChI is InChI=1S/C14H28N2O2S/c1-12(2)15-8-6-14(7-9-15)10-13(3,4)16(11-14)19(5,17)18/h12H,6-11H2,1-5H3. The van der Waals surface area contributed by atoms with E-state index in [2.05, 4.69) is 32.6 Å². The molecule has 0 aliphatic carbocycles. The number of piperidine rings is 1. The molecule has 0 bridgehead atoms. The first-order valence-electron chi connectivity index (χ1n) is 7.28. The average Bonchev–Trinajstić information content (AvgIpc) is 2.50. The Hall–Kier alpha value is -0.130. The molecule has 5 heteroatoms. The Kier molecular flexibility index (Phi) is 3.78. The molecule has 0 atom stereocenters. The largest absolute Gasteiger partial charge is 0.301 e. The minimum atomic E-state index is -3.10. The summed E-state index contributed by atoms with van der Waals surface area (Å²) in [4.78, 5) is 2.50. The van der Waals surface area contributed by atoms with Crippen LogP contribution in [0.5, 0.6) is 0 Å². The SMILES string of the molecule is CC(C)N1CCC2(CC1)CN(S(C)(=O)=O)C(C)(C)C2. The molecule has 2 saturated heterocycles. The van der Waals surface area contributed by atoms with Gasteiger partial charge in [-0.3, -0.25) is 0 Å². The van der Waals surface area contributed by atoms with Crippen molar-refractivity contribution in [2.75, 3.05) is 25.9 Å². The highest BCUT2D eigenvalue weighted by Crippen LogP contribution is 2.48. The molecule has 0 aromatic carbocycles. The van der Waals surface area contributed by atoms with Gasteiger partial charge in [-0.25, -0.2) is 8.42 Å². The van der Waals surface area contributed by atoms with Crippen LogP contribution < -0.4 is 0 Å². The molecule has 0 unspecified atom stereocenters. The molecule has 4 nitrogen and oxygen atoms in total. The maximum atomic E-state index is 12.0. The molecule has 2 heterocycles. The molecule has 0 aromatic heterocycles. The van der Waals surface area contributed by atoms with Crippen molar-refractivity contribution < 1.29 is 8.42 Å². The molecule has 0 aromatic rings. The lowest BCUT2D eigenvalue weighted by Gasteiger charge is -2.41. The summed E-state index contributed by atoms with van der Waals surface area (Å²) in [5.41, 5.74) is -0.0223. The number of rotatable bonds is 2. The van der Waals surface area contributed by atoms with Crippen LogP contribution in [0.4, 0.5) is 0 Å². The van der Waals surface area contributed by atoms with Gasteiger partial charge < -0.3 is 4.90 Å². The summed E-state index contributed by atoms with van der Waals surface area (Å²) in [6, 6.07) is 0.595. The predicted molar refractivity (Wildman–Crippen MR) is 78.6 cm³/mol. The molecule has 2 aliphatic rings. The van der Waals surface area contributed by atoms with Gasteiger partial charge >= 0.3 is 0 Å². The first-order chi connectivity index (χ1) is 8.56. The van der Waals surface area contributed by atoms with Gasteiger partial charge in [0.05, 0.1) is 6.26 Å². The van der Waals surface area contributed by atoms with Crippen LogP contribution in [-0.4, -0.2) is 55.1 Å². The lowest BCUT2D eigenvalue weighted by Crippen LogP contribution is -2.45. The molecule has 0 saturated carbocycles. The lowest BCUT2D eigenvalue weighted by molar-refractivity contribution is 0.0903. The van der Waals surface area contributed by atoms with Crippen molar-refractivity contribution in [2.45, 2.75) is 58.5 Å². The Morgan fingerprint density at radius 1 is 1.11 bits per heavy atom. The molecular formula is C14H28N2O2S. The molecule has 0 radical (unpaired) electrons. The van der Waals surface area contributed by atoms with Crippen molar-refractivity contribution in [1.29, 1.82) is 0 Å². The Bertz CT molecular complexity index is 434. The summed E-state index contributed by atoms with van der Waals surface area (Å²) in [7, 11) is -3.10. The highest BCUT2D eigenvalue weighted by molar-refractivity contribution is 7.88. The predicted octanol–water partition coefficient (Wildman–Crippen LogP) is 1.92. The van der Waals surface area contributed by atoms with E-state index in [1.807, 2.05) is 0 Å².